The van der Waals surface area contributed by atoms with Crippen molar-refractivity contribution < 1.29 is 64.0 Å². The molecule has 0 unspecified atom stereocenters. The summed E-state index contributed by atoms with van der Waals surface area (Å²) in [7, 11) is 0. The fraction of sp³-hybridized carbons (Fsp3) is 0. The van der Waals surface area contributed by atoms with Crippen molar-refractivity contribution in [2.45, 2.75) is 0 Å². The maximum atomic E-state index is 12.1. The van der Waals surface area contributed by atoms with Gasteiger partial charge in [-0.25, -0.2) is 0 Å². The molecular weight excluding hydrogens is 372 g/mol. The van der Waals surface area contributed by atoms with Crippen molar-refractivity contribution in [2.24, 2.45) is 0 Å². The van der Waals surface area contributed by atoms with Gasteiger partial charge in [-0.15, -0.1) is 0 Å². The van der Waals surface area contributed by atoms with E-state index in [4.69, 9.17) is 4.42 Å². The first kappa shape index (κ1) is 13.5. The van der Waals surface area contributed by atoms with Gasteiger partial charge in [0.25, 0.3) is 0 Å². The van der Waals surface area contributed by atoms with E-state index < -0.39 is 5.75 Å². The smallest absolute Gasteiger partial charge is 0.204 e. The number of benzene rings is 2. The van der Waals surface area contributed by atoms with Crippen molar-refractivity contribution in [2.75, 3.05) is 0 Å². The average molecular weight is 380 g/mol. The predicted octanol–water partition coefficient (Wildman–Crippen LogP) is 2.36. The van der Waals surface area contributed by atoms with Crippen LogP contribution >= 0.6 is 0 Å². The van der Waals surface area contributed by atoms with Crippen LogP contribution < -0.4 is 5.43 Å². The van der Waals surface area contributed by atoms with Crippen molar-refractivity contribution in [1.82, 2.24) is 0 Å². The minimum atomic E-state index is -0.443. The summed E-state index contributed by atoms with van der Waals surface area (Å²) in [4.78, 5) is 12.1. The molecule has 0 bridgehead atoms. The standard InChI is InChI=1S/C13H8O4.Eu/c14-8-5-6-10-11(13(8)16)12(15)7-3-1-2-4-9(7)17-10;/h1-6,14,16H;. The van der Waals surface area contributed by atoms with Crippen molar-refractivity contribution in [3.8, 4) is 11.5 Å². The molecule has 0 atom stereocenters. The van der Waals surface area contributed by atoms with Gasteiger partial charge in [0.15, 0.2) is 11.5 Å². The Morgan fingerprint density at radius 2 is 1.67 bits per heavy atom. The zero-order valence-electron chi connectivity index (χ0n) is 9.05. The Morgan fingerprint density at radius 1 is 0.944 bits per heavy atom. The Bertz CT molecular complexity index is 792. The molecule has 0 aliphatic rings. The van der Waals surface area contributed by atoms with E-state index in [0.717, 1.165) is 0 Å². The Labute approximate surface area is 142 Å². The van der Waals surface area contributed by atoms with Crippen LogP contribution in [0, 0.1) is 49.4 Å². The second-order valence-electron chi connectivity index (χ2n) is 3.73. The Morgan fingerprint density at radius 3 is 2.44 bits per heavy atom. The summed E-state index contributed by atoms with van der Waals surface area (Å²) in [5, 5.41) is 19.5. The normalized spacial score (nSPS) is 10.4. The molecule has 4 nitrogen and oxygen atoms in total. The number of hydrogen-bond donors (Lipinski definition) is 2. The summed E-state index contributed by atoms with van der Waals surface area (Å²) in [6, 6.07) is 9.51. The summed E-state index contributed by atoms with van der Waals surface area (Å²) in [5.41, 5.74) is 0.356. The molecule has 1 aromatic heterocycles. The van der Waals surface area contributed by atoms with Gasteiger partial charge in [-0.3, -0.25) is 4.79 Å². The number of aromatic hydroxyl groups is 2. The molecule has 3 rings (SSSR count). The summed E-state index contributed by atoms with van der Waals surface area (Å²) < 4.78 is 5.49. The van der Waals surface area contributed by atoms with Crippen molar-refractivity contribution in [3.05, 3.63) is 46.6 Å². The van der Waals surface area contributed by atoms with Crippen molar-refractivity contribution >= 4 is 21.9 Å². The van der Waals surface area contributed by atoms with Gasteiger partial charge in [0.1, 0.15) is 16.6 Å². The van der Waals surface area contributed by atoms with Gasteiger partial charge in [0, 0.05) is 49.4 Å². The number of phenolic OH excluding ortho intramolecular Hbond substituents is 2. The Hall–Kier alpha value is -0.906. The molecule has 0 saturated heterocycles. The molecule has 3 aromatic rings. The molecule has 18 heavy (non-hydrogen) atoms. The molecule has 0 aliphatic heterocycles. The van der Waals surface area contributed by atoms with E-state index in [-0.39, 0.29) is 71.5 Å². The molecule has 0 spiro atoms. The molecular formula is C13H8EuO4. The second kappa shape index (κ2) is 5.00. The third-order valence-corrected chi connectivity index (χ3v) is 2.70. The van der Waals surface area contributed by atoms with Crippen molar-refractivity contribution in [1.29, 1.82) is 0 Å². The molecule has 1 heterocycles. The maximum Gasteiger partial charge on any atom is 0.204 e. The van der Waals surface area contributed by atoms with Crippen molar-refractivity contribution in [3.63, 3.8) is 0 Å². The first-order valence-electron chi connectivity index (χ1n) is 5.05. The third kappa shape index (κ3) is 1.96. The zero-order valence-corrected chi connectivity index (χ0v) is 11.5. The fourth-order valence-electron chi connectivity index (χ4n) is 1.86. The minimum absolute atomic E-state index is 0. The topological polar surface area (TPSA) is 70.7 Å². The summed E-state index contributed by atoms with van der Waals surface area (Å²) in [6.07, 6.45) is 0. The van der Waals surface area contributed by atoms with Gasteiger partial charge in [-0.2, -0.15) is 0 Å². The van der Waals surface area contributed by atoms with Gasteiger partial charge in [-0.1, -0.05) is 12.1 Å². The zero-order chi connectivity index (χ0) is 12.0. The number of fused-ring (bicyclic) bond motifs is 2. The van der Waals surface area contributed by atoms with Crippen LogP contribution in [0.2, 0.25) is 0 Å². The van der Waals surface area contributed by atoms with Crippen LogP contribution in [-0.4, -0.2) is 10.2 Å². The number of para-hydroxylation sites is 1. The van der Waals surface area contributed by atoms with Crippen LogP contribution in [0.1, 0.15) is 0 Å². The van der Waals surface area contributed by atoms with Crippen LogP contribution in [0.3, 0.4) is 0 Å². The maximum absolute atomic E-state index is 12.1. The van der Waals surface area contributed by atoms with Crippen LogP contribution in [0.5, 0.6) is 11.5 Å². The van der Waals surface area contributed by atoms with E-state index in [1.165, 1.54) is 12.1 Å². The van der Waals surface area contributed by atoms with E-state index in [1.54, 1.807) is 24.3 Å². The van der Waals surface area contributed by atoms with Crippen LogP contribution in [0.4, 0.5) is 0 Å². The Kier molecular flexibility index (Phi) is 3.75. The van der Waals surface area contributed by atoms with Gasteiger partial charge >= 0.3 is 0 Å². The SMILES string of the molecule is O=c1c2ccccc2oc2ccc(O)c(O)c12.[Eu]. The van der Waals surface area contributed by atoms with Gasteiger partial charge in [-0.05, 0) is 24.3 Å². The van der Waals surface area contributed by atoms with E-state index in [1.807, 2.05) is 0 Å². The number of rotatable bonds is 0. The summed E-state index contributed by atoms with van der Waals surface area (Å²) >= 11 is 0. The van der Waals surface area contributed by atoms with Gasteiger partial charge in [0.05, 0.1) is 5.39 Å². The van der Waals surface area contributed by atoms with Crippen LogP contribution in [0.25, 0.3) is 21.9 Å². The Balaban J connectivity index is 0.00000120. The van der Waals surface area contributed by atoms with Crippen LogP contribution in [0.15, 0.2) is 45.6 Å². The van der Waals surface area contributed by atoms with E-state index in [2.05, 4.69) is 0 Å². The molecule has 91 valence electrons. The van der Waals surface area contributed by atoms with Gasteiger partial charge < -0.3 is 14.6 Å². The predicted molar refractivity (Wildman–Crippen MR) is 63.3 cm³/mol. The first-order chi connectivity index (χ1) is 8.18. The van der Waals surface area contributed by atoms with E-state index in [9.17, 15) is 15.0 Å². The van der Waals surface area contributed by atoms with E-state index >= 15 is 0 Å². The molecule has 0 amide bonds. The number of hydrogen-bond acceptors (Lipinski definition) is 4. The summed E-state index contributed by atoms with van der Waals surface area (Å²) in [6.45, 7) is 0. The molecule has 2 aromatic carbocycles. The fourth-order valence-corrected chi connectivity index (χ4v) is 1.86. The monoisotopic (exact) mass is 381 g/mol. The van der Waals surface area contributed by atoms with Crippen LogP contribution in [-0.2, 0) is 0 Å². The quantitative estimate of drug-likeness (QED) is 0.464. The molecule has 0 saturated carbocycles. The molecule has 5 heteroatoms. The van der Waals surface area contributed by atoms with E-state index in [0.29, 0.717) is 11.0 Å². The average Bonchev–Trinajstić information content (AvgIpc) is 2.34. The third-order valence-electron chi connectivity index (χ3n) is 2.70. The number of phenols is 2. The van der Waals surface area contributed by atoms with Gasteiger partial charge in [0.2, 0.25) is 5.43 Å². The second-order valence-corrected chi connectivity index (χ2v) is 3.73. The largest absolute Gasteiger partial charge is 0.504 e. The molecule has 0 aliphatic carbocycles. The first-order valence-corrected chi connectivity index (χ1v) is 5.05. The summed E-state index contributed by atoms with van der Waals surface area (Å²) in [5.74, 6) is -0.776. The molecule has 1 radical (unpaired) electrons. The minimum Gasteiger partial charge on any atom is -0.504 e. The molecule has 0 fully saturated rings. The molecule has 2 N–H and O–H groups in total.